The maximum absolute atomic E-state index is 13.1. The van der Waals surface area contributed by atoms with E-state index in [4.69, 9.17) is 16.3 Å². The monoisotopic (exact) mass is 335 g/mol. The molecule has 0 aromatic heterocycles. The smallest absolute Gasteiger partial charge is 0.141 e. The summed E-state index contributed by atoms with van der Waals surface area (Å²) in [6.07, 6.45) is 1.09. The van der Waals surface area contributed by atoms with Gasteiger partial charge >= 0.3 is 0 Å². The van der Waals surface area contributed by atoms with E-state index in [-0.39, 0.29) is 10.4 Å². The summed E-state index contributed by atoms with van der Waals surface area (Å²) in [5.74, 6) is 0.433. The van der Waals surface area contributed by atoms with Crippen molar-refractivity contribution in [3.8, 4) is 5.75 Å². The Kier molecular flexibility index (Phi) is 5.89. The number of rotatable bonds is 7. The van der Waals surface area contributed by atoms with Crippen LogP contribution in [0.3, 0.4) is 0 Å². The Labute approximate surface area is 142 Å². The summed E-state index contributed by atoms with van der Waals surface area (Å²) >= 11 is 5.74. The lowest BCUT2D eigenvalue weighted by atomic mass is 9.82. The van der Waals surface area contributed by atoms with Gasteiger partial charge in [-0.25, -0.2) is 4.39 Å². The molecule has 0 saturated carbocycles. The minimum atomic E-state index is -0.413. The quantitative estimate of drug-likeness (QED) is 0.659. The molecule has 2 nitrogen and oxygen atoms in total. The van der Waals surface area contributed by atoms with Gasteiger partial charge in [-0.3, -0.25) is 0 Å². The van der Waals surface area contributed by atoms with E-state index in [2.05, 4.69) is 38.2 Å². The topological polar surface area (TPSA) is 21.3 Å². The lowest BCUT2D eigenvalue weighted by molar-refractivity contribution is 0.332. The van der Waals surface area contributed by atoms with Crippen LogP contribution in [0.15, 0.2) is 42.5 Å². The van der Waals surface area contributed by atoms with Crippen molar-refractivity contribution < 1.29 is 9.13 Å². The van der Waals surface area contributed by atoms with Gasteiger partial charge in [0, 0.05) is 12.2 Å². The number of hydrogen-bond acceptors (Lipinski definition) is 2. The molecule has 1 N–H and O–H groups in total. The first-order valence-corrected chi connectivity index (χ1v) is 8.22. The van der Waals surface area contributed by atoms with E-state index >= 15 is 0 Å². The minimum absolute atomic E-state index is 0.116. The summed E-state index contributed by atoms with van der Waals surface area (Å²) in [5, 5.41) is 3.27. The molecule has 0 bridgehead atoms. The van der Waals surface area contributed by atoms with Crippen LogP contribution in [0.4, 0.5) is 10.1 Å². The van der Waals surface area contributed by atoms with Gasteiger partial charge in [0.25, 0.3) is 0 Å². The van der Waals surface area contributed by atoms with E-state index in [1.807, 2.05) is 12.1 Å². The molecule has 0 aliphatic carbocycles. The number of hydrogen-bond donors (Lipinski definition) is 1. The number of anilines is 1. The summed E-state index contributed by atoms with van der Waals surface area (Å²) in [6.45, 7) is 7.80. The largest absolute Gasteiger partial charge is 0.492 e. The van der Waals surface area contributed by atoms with Crippen molar-refractivity contribution >= 4 is 17.3 Å². The highest BCUT2D eigenvalue weighted by Gasteiger charge is 2.17. The first-order valence-electron chi connectivity index (χ1n) is 7.84. The summed E-state index contributed by atoms with van der Waals surface area (Å²) < 4.78 is 18.8. The van der Waals surface area contributed by atoms with Gasteiger partial charge in [-0.2, -0.15) is 0 Å². The van der Waals surface area contributed by atoms with Crippen molar-refractivity contribution in [2.45, 2.75) is 32.6 Å². The van der Waals surface area contributed by atoms with Crippen LogP contribution in [0, 0.1) is 5.82 Å². The molecule has 124 valence electrons. The first kappa shape index (κ1) is 17.6. The molecule has 0 aliphatic heterocycles. The van der Waals surface area contributed by atoms with Gasteiger partial charge in [-0.1, -0.05) is 44.5 Å². The van der Waals surface area contributed by atoms with Crippen molar-refractivity contribution in [2.24, 2.45) is 0 Å². The highest BCUT2D eigenvalue weighted by molar-refractivity contribution is 6.31. The van der Waals surface area contributed by atoms with E-state index in [1.165, 1.54) is 11.6 Å². The molecule has 0 heterocycles. The zero-order valence-corrected chi connectivity index (χ0v) is 14.6. The highest BCUT2D eigenvalue weighted by Crippen LogP contribution is 2.28. The SMILES string of the molecule is CCC(C)(C)c1ccc(OCCNc2ccc(F)c(Cl)c2)cc1. The predicted molar refractivity (Wildman–Crippen MR) is 95.2 cm³/mol. The van der Waals surface area contributed by atoms with Gasteiger partial charge in [0.05, 0.1) is 5.02 Å². The third-order valence-corrected chi connectivity index (χ3v) is 4.43. The van der Waals surface area contributed by atoms with Crippen LogP contribution in [-0.2, 0) is 5.41 Å². The second-order valence-electron chi connectivity index (χ2n) is 6.17. The van der Waals surface area contributed by atoms with Crippen molar-refractivity contribution in [1.82, 2.24) is 0 Å². The van der Waals surface area contributed by atoms with Crippen molar-refractivity contribution in [2.75, 3.05) is 18.5 Å². The number of halogens is 2. The maximum atomic E-state index is 13.1. The molecule has 2 aromatic carbocycles. The molecule has 2 rings (SSSR count). The van der Waals surface area contributed by atoms with Gasteiger partial charge in [-0.15, -0.1) is 0 Å². The average molecular weight is 336 g/mol. The van der Waals surface area contributed by atoms with E-state index in [1.54, 1.807) is 12.1 Å². The predicted octanol–water partition coefficient (Wildman–Crippen LogP) is 5.66. The molecule has 0 amide bonds. The summed E-state index contributed by atoms with van der Waals surface area (Å²) in [6, 6.07) is 12.8. The van der Waals surface area contributed by atoms with Crippen LogP contribution >= 0.6 is 11.6 Å². The van der Waals surface area contributed by atoms with Crippen LogP contribution in [-0.4, -0.2) is 13.2 Å². The van der Waals surface area contributed by atoms with Crippen LogP contribution in [0.1, 0.15) is 32.8 Å². The molecule has 23 heavy (non-hydrogen) atoms. The fraction of sp³-hybridized carbons (Fsp3) is 0.368. The zero-order valence-electron chi connectivity index (χ0n) is 13.8. The zero-order chi connectivity index (χ0) is 16.9. The Hall–Kier alpha value is -1.74. The third-order valence-electron chi connectivity index (χ3n) is 4.14. The molecule has 0 aliphatic rings. The molecule has 0 unspecified atom stereocenters. The molecule has 0 saturated heterocycles. The van der Waals surface area contributed by atoms with Crippen molar-refractivity contribution in [3.63, 3.8) is 0 Å². The maximum Gasteiger partial charge on any atom is 0.141 e. The fourth-order valence-electron chi connectivity index (χ4n) is 2.18. The summed E-state index contributed by atoms with van der Waals surface area (Å²) in [7, 11) is 0. The Morgan fingerprint density at radius 3 is 2.43 bits per heavy atom. The van der Waals surface area contributed by atoms with E-state index < -0.39 is 5.82 Å². The van der Waals surface area contributed by atoms with Gasteiger partial charge < -0.3 is 10.1 Å². The fourth-order valence-corrected chi connectivity index (χ4v) is 2.36. The second kappa shape index (κ2) is 7.69. The lowest BCUT2D eigenvalue weighted by Gasteiger charge is -2.23. The van der Waals surface area contributed by atoms with Crippen LogP contribution in [0.5, 0.6) is 5.75 Å². The first-order chi connectivity index (χ1) is 10.9. The molecular formula is C19H23ClFNO. The summed E-state index contributed by atoms with van der Waals surface area (Å²) in [5.41, 5.74) is 2.27. The molecular weight excluding hydrogens is 313 g/mol. The Morgan fingerprint density at radius 1 is 1.13 bits per heavy atom. The third kappa shape index (κ3) is 4.87. The van der Waals surface area contributed by atoms with Crippen LogP contribution < -0.4 is 10.1 Å². The number of nitrogens with one attached hydrogen (secondary N) is 1. The lowest BCUT2D eigenvalue weighted by Crippen LogP contribution is -2.15. The normalized spacial score (nSPS) is 11.3. The van der Waals surface area contributed by atoms with Crippen LogP contribution in [0.25, 0.3) is 0 Å². The Morgan fingerprint density at radius 2 is 1.83 bits per heavy atom. The van der Waals surface area contributed by atoms with Crippen molar-refractivity contribution in [3.05, 3.63) is 58.9 Å². The Balaban J connectivity index is 1.81. The van der Waals surface area contributed by atoms with Crippen molar-refractivity contribution in [1.29, 1.82) is 0 Å². The molecule has 0 spiro atoms. The minimum Gasteiger partial charge on any atom is -0.492 e. The average Bonchev–Trinajstić information content (AvgIpc) is 2.55. The van der Waals surface area contributed by atoms with Gasteiger partial charge in [0.1, 0.15) is 18.2 Å². The molecule has 2 aromatic rings. The molecule has 4 heteroatoms. The highest BCUT2D eigenvalue weighted by atomic mass is 35.5. The standard InChI is InChI=1S/C19H23ClFNO/c1-4-19(2,3)14-5-8-16(9-6-14)23-12-11-22-15-7-10-18(21)17(20)13-15/h5-10,13,22H,4,11-12H2,1-3H3. The molecule has 0 radical (unpaired) electrons. The molecule has 0 fully saturated rings. The van der Waals surface area contributed by atoms with E-state index in [0.29, 0.717) is 13.2 Å². The van der Waals surface area contributed by atoms with Gasteiger partial charge in [0.15, 0.2) is 0 Å². The second-order valence-corrected chi connectivity index (χ2v) is 6.57. The van der Waals surface area contributed by atoms with Crippen LogP contribution in [0.2, 0.25) is 5.02 Å². The van der Waals surface area contributed by atoms with E-state index in [0.717, 1.165) is 17.9 Å². The number of benzene rings is 2. The Bertz CT molecular complexity index is 640. The molecule has 0 atom stereocenters. The number of ether oxygens (including phenoxy) is 1. The van der Waals surface area contributed by atoms with E-state index in [9.17, 15) is 4.39 Å². The van der Waals surface area contributed by atoms with Gasteiger partial charge in [0.2, 0.25) is 0 Å². The van der Waals surface area contributed by atoms with Gasteiger partial charge in [-0.05, 0) is 47.7 Å². The summed E-state index contributed by atoms with van der Waals surface area (Å²) in [4.78, 5) is 0.